The van der Waals surface area contributed by atoms with Crippen LogP contribution in [0.25, 0.3) is 27.9 Å². The number of rotatable bonds is 4. The molecule has 3 heterocycles. The minimum absolute atomic E-state index is 0.122. The van der Waals surface area contributed by atoms with Crippen molar-refractivity contribution < 1.29 is 19.0 Å². The van der Waals surface area contributed by atoms with Crippen LogP contribution in [-0.4, -0.2) is 33.7 Å². The number of nitrogen functional groups attached to an aromatic ring is 1. The van der Waals surface area contributed by atoms with E-state index in [1.807, 2.05) is 72.8 Å². The average molecular weight is 452 g/mol. The second-order valence-corrected chi connectivity index (χ2v) is 7.87. The highest BCUT2D eigenvalue weighted by Gasteiger charge is 2.27. The number of esters is 1. The summed E-state index contributed by atoms with van der Waals surface area (Å²) >= 11 is 0. The third-order valence-corrected chi connectivity index (χ3v) is 5.70. The predicted molar refractivity (Wildman–Crippen MR) is 127 cm³/mol. The molecule has 0 unspecified atom stereocenters. The number of nitrogens with two attached hydrogens (primary N) is 1. The first-order chi connectivity index (χ1) is 16.7. The van der Waals surface area contributed by atoms with Crippen LogP contribution in [0.4, 0.5) is 5.82 Å². The highest BCUT2D eigenvalue weighted by atomic mass is 16.6. The largest absolute Gasteiger partial charge is 0.486 e. The zero-order chi connectivity index (χ0) is 23.1. The van der Waals surface area contributed by atoms with Crippen LogP contribution in [0.5, 0.6) is 11.5 Å². The summed E-state index contributed by atoms with van der Waals surface area (Å²) in [5, 5.41) is 0. The van der Waals surface area contributed by atoms with Gasteiger partial charge in [-0.2, -0.15) is 0 Å². The molecule has 0 aliphatic carbocycles. The van der Waals surface area contributed by atoms with Gasteiger partial charge in [-0.25, -0.2) is 14.8 Å². The number of carbonyl (C=O) groups excluding carboxylic acids is 1. The van der Waals surface area contributed by atoms with Gasteiger partial charge in [0.25, 0.3) is 0 Å². The zero-order valence-electron chi connectivity index (χ0n) is 18.1. The molecule has 1 aliphatic rings. The summed E-state index contributed by atoms with van der Waals surface area (Å²) in [7, 11) is 0. The average Bonchev–Trinajstić information content (AvgIpc) is 3.16. The van der Waals surface area contributed by atoms with E-state index in [0.717, 1.165) is 5.56 Å². The molecule has 1 aliphatic heterocycles. The Morgan fingerprint density at radius 3 is 2.41 bits per heavy atom. The molecule has 34 heavy (non-hydrogen) atoms. The van der Waals surface area contributed by atoms with Crippen LogP contribution in [0.2, 0.25) is 0 Å². The van der Waals surface area contributed by atoms with Gasteiger partial charge in [0, 0.05) is 6.07 Å². The lowest BCUT2D eigenvalue weighted by atomic mass is 10.2. The minimum Gasteiger partial charge on any atom is -0.486 e. The first-order valence-electron chi connectivity index (χ1n) is 10.9. The lowest BCUT2D eigenvalue weighted by Gasteiger charge is -2.19. The van der Waals surface area contributed by atoms with Crippen LogP contribution in [0.1, 0.15) is 15.9 Å². The summed E-state index contributed by atoms with van der Waals surface area (Å²) in [5.74, 6) is 0.892. The van der Waals surface area contributed by atoms with Crippen molar-refractivity contribution in [3.05, 3.63) is 83.9 Å². The van der Waals surface area contributed by atoms with Gasteiger partial charge < -0.3 is 19.9 Å². The van der Waals surface area contributed by atoms with Crippen LogP contribution in [0.15, 0.2) is 72.8 Å². The maximum Gasteiger partial charge on any atom is 0.344 e. The van der Waals surface area contributed by atoms with E-state index in [4.69, 9.17) is 29.9 Å². The second-order valence-electron chi connectivity index (χ2n) is 7.87. The summed E-state index contributed by atoms with van der Waals surface area (Å²) in [6.45, 7) is 1.08. The number of anilines is 1. The Morgan fingerprint density at radius 1 is 0.912 bits per heavy atom. The lowest BCUT2D eigenvalue weighted by Crippen LogP contribution is -2.15. The molecule has 6 rings (SSSR count). The molecule has 5 aromatic rings. The number of hydrogen-bond donors (Lipinski definition) is 1. The Balaban J connectivity index is 1.51. The SMILES string of the molecule is Nc1c(C(=O)OCc2ccccc2)c2nc3ccccc3nc2n1-c1ccc2c(c1)OCCO2. The van der Waals surface area contributed by atoms with E-state index in [9.17, 15) is 4.79 Å². The molecule has 0 fully saturated rings. The summed E-state index contributed by atoms with van der Waals surface area (Å²) in [6.07, 6.45) is 0. The highest BCUT2D eigenvalue weighted by Crippen LogP contribution is 2.36. The Kier molecular flexibility index (Phi) is 4.76. The number of aromatic nitrogens is 3. The quantitative estimate of drug-likeness (QED) is 0.406. The van der Waals surface area contributed by atoms with Crippen molar-refractivity contribution in [3.63, 3.8) is 0 Å². The maximum atomic E-state index is 13.2. The molecule has 0 spiro atoms. The van der Waals surface area contributed by atoms with Crippen molar-refractivity contribution in [2.24, 2.45) is 0 Å². The smallest absolute Gasteiger partial charge is 0.344 e. The van der Waals surface area contributed by atoms with Gasteiger partial charge in [0.1, 0.15) is 36.7 Å². The predicted octanol–water partition coefficient (Wildman–Crippen LogP) is 4.28. The van der Waals surface area contributed by atoms with Gasteiger partial charge in [-0.3, -0.25) is 4.57 Å². The van der Waals surface area contributed by atoms with Gasteiger partial charge in [-0.05, 0) is 29.8 Å². The first-order valence-corrected chi connectivity index (χ1v) is 10.9. The van der Waals surface area contributed by atoms with Crippen molar-refractivity contribution in [3.8, 4) is 17.2 Å². The fourth-order valence-corrected chi connectivity index (χ4v) is 4.09. The Bertz CT molecular complexity index is 1550. The molecule has 8 heteroatoms. The number of benzene rings is 3. The topological polar surface area (TPSA) is 101 Å². The summed E-state index contributed by atoms with van der Waals surface area (Å²) in [5.41, 5.74) is 10.5. The monoisotopic (exact) mass is 452 g/mol. The van der Waals surface area contributed by atoms with E-state index in [2.05, 4.69) is 0 Å². The fraction of sp³-hybridized carbons (Fsp3) is 0.115. The Morgan fingerprint density at radius 2 is 1.62 bits per heavy atom. The van der Waals surface area contributed by atoms with Crippen molar-refractivity contribution in [2.75, 3.05) is 18.9 Å². The maximum absolute atomic E-state index is 13.2. The van der Waals surface area contributed by atoms with Gasteiger partial charge in [-0.1, -0.05) is 42.5 Å². The second kappa shape index (κ2) is 8.08. The van der Waals surface area contributed by atoms with E-state index in [1.165, 1.54) is 0 Å². The van der Waals surface area contributed by atoms with Gasteiger partial charge in [0.15, 0.2) is 17.1 Å². The molecular formula is C26H20N4O4. The zero-order valence-corrected chi connectivity index (χ0v) is 18.1. The number of ether oxygens (including phenoxy) is 3. The van der Waals surface area contributed by atoms with Gasteiger partial charge >= 0.3 is 5.97 Å². The molecule has 2 N–H and O–H groups in total. The molecule has 168 valence electrons. The molecule has 3 aromatic carbocycles. The molecule has 8 nitrogen and oxygen atoms in total. The van der Waals surface area contributed by atoms with Crippen molar-refractivity contribution >= 4 is 34.0 Å². The van der Waals surface area contributed by atoms with E-state index >= 15 is 0 Å². The van der Waals surface area contributed by atoms with Gasteiger partial charge in [-0.15, -0.1) is 0 Å². The van der Waals surface area contributed by atoms with Crippen LogP contribution >= 0.6 is 0 Å². The van der Waals surface area contributed by atoms with E-state index < -0.39 is 5.97 Å². The van der Waals surface area contributed by atoms with E-state index in [-0.39, 0.29) is 18.0 Å². The molecule has 0 saturated carbocycles. The molecular weight excluding hydrogens is 432 g/mol. The lowest BCUT2D eigenvalue weighted by molar-refractivity contribution is 0.0476. The number of hydrogen-bond acceptors (Lipinski definition) is 7. The van der Waals surface area contributed by atoms with Crippen LogP contribution < -0.4 is 15.2 Å². The molecule has 0 radical (unpaired) electrons. The summed E-state index contributed by atoms with van der Waals surface area (Å²) in [6, 6.07) is 22.4. The molecule has 0 amide bonds. The fourth-order valence-electron chi connectivity index (χ4n) is 4.09. The minimum atomic E-state index is -0.563. The van der Waals surface area contributed by atoms with E-state index in [1.54, 1.807) is 4.57 Å². The third kappa shape index (κ3) is 3.36. The van der Waals surface area contributed by atoms with Crippen LogP contribution in [0.3, 0.4) is 0 Å². The number of nitrogens with zero attached hydrogens (tertiary/aromatic N) is 3. The Labute approximate surface area is 194 Å². The standard InChI is InChI=1S/C26H20N4O4/c27-24-22(26(31)34-15-16-6-2-1-3-7-16)23-25(29-19-9-5-4-8-18(19)28-23)30(24)17-10-11-20-21(14-17)33-13-12-32-20/h1-11,14H,12-13,15,27H2. The number of para-hydroxylation sites is 2. The number of fused-ring (bicyclic) bond motifs is 3. The molecule has 2 aromatic heterocycles. The first kappa shape index (κ1) is 20.0. The molecule has 0 atom stereocenters. The summed E-state index contributed by atoms with van der Waals surface area (Å²) < 4.78 is 18.7. The number of carbonyl (C=O) groups is 1. The normalized spacial score (nSPS) is 12.7. The van der Waals surface area contributed by atoms with E-state index in [0.29, 0.717) is 52.6 Å². The van der Waals surface area contributed by atoms with Gasteiger partial charge in [0.2, 0.25) is 0 Å². The van der Waals surface area contributed by atoms with Crippen LogP contribution in [0, 0.1) is 0 Å². The highest BCUT2D eigenvalue weighted by molar-refractivity contribution is 6.09. The molecule has 0 saturated heterocycles. The van der Waals surface area contributed by atoms with Crippen LogP contribution in [-0.2, 0) is 11.3 Å². The van der Waals surface area contributed by atoms with Gasteiger partial charge in [0.05, 0.1) is 16.7 Å². The molecule has 0 bridgehead atoms. The van der Waals surface area contributed by atoms with Crippen molar-refractivity contribution in [2.45, 2.75) is 6.61 Å². The summed E-state index contributed by atoms with van der Waals surface area (Å²) in [4.78, 5) is 22.8. The Hall–Kier alpha value is -4.59. The van der Waals surface area contributed by atoms with Crippen molar-refractivity contribution in [1.82, 2.24) is 14.5 Å². The van der Waals surface area contributed by atoms with Crippen molar-refractivity contribution in [1.29, 1.82) is 0 Å². The third-order valence-electron chi connectivity index (χ3n) is 5.70.